The monoisotopic (exact) mass is 268 g/mol. The predicted molar refractivity (Wildman–Crippen MR) is 76.2 cm³/mol. The lowest BCUT2D eigenvalue weighted by molar-refractivity contribution is -0.144. The lowest BCUT2D eigenvalue weighted by Crippen LogP contribution is -2.49. The Labute approximate surface area is 116 Å². The Morgan fingerprint density at radius 2 is 1.89 bits per heavy atom. The molecule has 2 rings (SSSR count). The summed E-state index contributed by atoms with van der Waals surface area (Å²) in [5.74, 6) is -0.00712. The van der Waals surface area contributed by atoms with E-state index in [1.807, 2.05) is 0 Å². The Morgan fingerprint density at radius 1 is 1.21 bits per heavy atom. The number of hydrogen-bond acceptors (Lipinski definition) is 3. The minimum atomic E-state index is -0.609. The maximum absolute atomic E-state index is 11.1. The van der Waals surface area contributed by atoms with E-state index in [1.165, 1.54) is 32.5 Å². The second kappa shape index (κ2) is 6.71. The first-order valence-electron chi connectivity index (χ1n) is 7.75. The zero-order chi connectivity index (χ0) is 13.8. The predicted octanol–water partition coefficient (Wildman–Crippen LogP) is 1.90. The van der Waals surface area contributed by atoms with Crippen LogP contribution in [0.25, 0.3) is 0 Å². The van der Waals surface area contributed by atoms with E-state index in [0.29, 0.717) is 6.04 Å². The number of carboxylic acid groups (broad SMARTS) is 1. The van der Waals surface area contributed by atoms with Gasteiger partial charge in [0.05, 0.1) is 5.92 Å². The summed E-state index contributed by atoms with van der Waals surface area (Å²) in [6, 6.07) is 0.616. The Morgan fingerprint density at radius 3 is 2.47 bits per heavy atom. The molecule has 2 fully saturated rings. The number of rotatable bonds is 4. The van der Waals surface area contributed by atoms with Crippen molar-refractivity contribution in [1.82, 2.24) is 9.80 Å². The van der Waals surface area contributed by atoms with E-state index >= 15 is 0 Å². The van der Waals surface area contributed by atoms with Crippen LogP contribution in [0.1, 0.15) is 39.5 Å². The van der Waals surface area contributed by atoms with Gasteiger partial charge in [-0.3, -0.25) is 9.69 Å². The molecule has 110 valence electrons. The van der Waals surface area contributed by atoms with Crippen molar-refractivity contribution in [2.45, 2.75) is 45.6 Å². The summed E-state index contributed by atoms with van der Waals surface area (Å²) in [6.07, 6.45) is 4.32. The van der Waals surface area contributed by atoms with Crippen molar-refractivity contribution in [1.29, 1.82) is 0 Å². The van der Waals surface area contributed by atoms with Crippen LogP contribution < -0.4 is 0 Å². The second-order valence-electron chi connectivity index (χ2n) is 6.60. The third-order valence-electron chi connectivity index (χ3n) is 4.50. The van der Waals surface area contributed by atoms with Crippen molar-refractivity contribution in [2.24, 2.45) is 11.8 Å². The van der Waals surface area contributed by atoms with E-state index < -0.39 is 5.97 Å². The maximum atomic E-state index is 11.1. The molecule has 2 aliphatic heterocycles. The van der Waals surface area contributed by atoms with Gasteiger partial charge in [0.1, 0.15) is 0 Å². The van der Waals surface area contributed by atoms with Gasteiger partial charge in [0.2, 0.25) is 0 Å². The fourth-order valence-corrected chi connectivity index (χ4v) is 3.52. The molecule has 4 nitrogen and oxygen atoms in total. The molecule has 0 aromatic rings. The van der Waals surface area contributed by atoms with E-state index in [4.69, 9.17) is 5.11 Å². The van der Waals surface area contributed by atoms with Crippen LogP contribution in [0.4, 0.5) is 0 Å². The van der Waals surface area contributed by atoms with E-state index in [0.717, 1.165) is 31.8 Å². The van der Waals surface area contributed by atoms with Gasteiger partial charge in [-0.15, -0.1) is 0 Å². The molecule has 4 heteroatoms. The molecule has 0 aliphatic carbocycles. The third-order valence-corrected chi connectivity index (χ3v) is 4.50. The average molecular weight is 268 g/mol. The van der Waals surface area contributed by atoms with Crippen LogP contribution >= 0.6 is 0 Å². The summed E-state index contributed by atoms with van der Waals surface area (Å²) in [5, 5.41) is 9.16. The molecule has 2 aliphatic rings. The Bertz CT molecular complexity index is 299. The maximum Gasteiger partial charge on any atom is 0.307 e. The molecular weight excluding hydrogens is 240 g/mol. The number of carboxylic acids is 1. The van der Waals surface area contributed by atoms with Crippen molar-refractivity contribution in [3.05, 3.63) is 0 Å². The quantitative estimate of drug-likeness (QED) is 0.846. The summed E-state index contributed by atoms with van der Waals surface area (Å²) in [4.78, 5) is 16.1. The van der Waals surface area contributed by atoms with Gasteiger partial charge in [0, 0.05) is 19.1 Å². The molecule has 2 saturated heterocycles. The Hall–Kier alpha value is -0.610. The van der Waals surface area contributed by atoms with E-state index in [-0.39, 0.29) is 5.92 Å². The second-order valence-corrected chi connectivity index (χ2v) is 6.60. The van der Waals surface area contributed by atoms with Crippen LogP contribution in [0.15, 0.2) is 0 Å². The molecule has 1 N–H and O–H groups in total. The van der Waals surface area contributed by atoms with E-state index in [1.54, 1.807) is 0 Å². The Balaban J connectivity index is 1.79. The molecule has 2 heterocycles. The highest BCUT2D eigenvalue weighted by atomic mass is 16.4. The molecule has 0 radical (unpaired) electrons. The number of hydrogen-bond donors (Lipinski definition) is 1. The largest absolute Gasteiger partial charge is 0.481 e. The zero-order valence-corrected chi connectivity index (χ0v) is 12.3. The SMILES string of the molecule is CC(C)CN1CCC(N2CCCC(C(=O)O)C2)CC1. The first kappa shape index (κ1) is 14.8. The van der Waals surface area contributed by atoms with E-state index in [2.05, 4.69) is 23.6 Å². The topological polar surface area (TPSA) is 43.8 Å². The van der Waals surface area contributed by atoms with Crippen molar-refractivity contribution in [3.63, 3.8) is 0 Å². The lowest BCUT2D eigenvalue weighted by Gasteiger charge is -2.41. The van der Waals surface area contributed by atoms with Gasteiger partial charge in [0.25, 0.3) is 0 Å². The smallest absolute Gasteiger partial charge is 0.307 e. The normalized spacial score (nSPS) is 27.8. The highest BCUT2D eigenvalue weighted by Gasteiger charge is 2.31. The van der Waals surface area contributed by atoms with Crippen molar-refractivity contribution in [2.75, 3.05) is 32.7 Å². The third kappa shape index (κ3) is 4.18. The highest BCUT2D eigenvalue weighted by molar-refractivity contribution is 5.70. The molecule has 19 heavy (non-hydrogen) atoms. The van der Waals surface area contributed by atoms with Crippen LogP contribution in [0.2, 0.25) is 0 Å². The minimum absolute atomic E-state index is 0.137. The number of nitrogens with zero attached hydrogens (tertiary/aromatic N) is 2. The molecule has 0 amide bonds. The zero-order valence-electron chi connectivity index (χ0n) is 12.3. The van der Waals surface area contributed by atoms with Crippen molar-refractivity contribution >= 4 is 5.97 Å². The van der Waals surface area contributed by atoms with Crippen LogP contribution in [-0.2, 0) is 4.79 Å². The first-order chi connectivity index (χ1) is 9.06. The fraction of sp³-hybridized carbons (Fsp3) is 0.933. The summed E-state index contributed by atoms with van der Waals surface area (Å²) in [5.41, 5.74) is 0. The van der Waals surface area contributed by atoms with Gasteiger partial charge >= 0.3 is 5.97 Å². The van der Waals surface area contributed by atoms with Gasteiger partial charge in [-0.05, 0) is 51.2 Å². The van der Waals surface area contributed by atoms with Gasteiger partial charge in [0.15, 0.2) is 0 Å². The molecule has 0 spiro atoms. The van der Waals surface area contributed by atoms with Crippen LogP contribution in [0, 0.1) is 11.8 Å². The fourth-order valence-electron chi connectivity index (χ4n) is 3.52. The Kier molecular flexibility index (Phi) is 5.22. The first-order valence-corrected chi connectivity index (χ1v) is 7.75. The van der Waals surface area contributed by atoms with Gasteiger partial charge in [-0.2, -0.15) is 0 Å². The molecule has 0 saturated carbocycles. The van der Waals surface area contributed by atoms with Crippen LogP contribution in [0.5, 0.6) is 0 Å². The summed E-state index contributed by atoms with van der Waals surface area (Å²) in [7, 11) is 0. The number of piperidine rings is 2. The number of likely N-dealkylation sites (tertiary alicyclic amines) is 2. The highest BCUT2D eigenvalue weighted by Crippen LogP contribution is 2.24. The molecule has 0 aromatic carbocycles. The van der Waals surface area contributed by atoms with Crippen LogP contribution in [-0.4, -0.2) is 59.6 Å². The lowest BCUT2D eigenvalue weighted by atomic mass is 9.94. The van der Waals surface area contributed by atoms with Crippen molar-refractivity contribution in [3.8, 4) is 0 Å². The summed E-state index contributed by atoms with van der Waals surface area (Å²) in [6.45, 7) is 9.96. The summed E-state index contributed by atoms with van der Waals surface area (Å²) < 4.78 is 0. The van der Waals surface area contributed by atoms with Gasteiger partial charge < -0.3 is 10.0 Å². The number of aliphatic carboxylic acids is 1. The molecule has 1 atom stereocenters. The minimum Gasteiger partial charge on any atom is -0.481 e. The van der Waals surface area contributed by atoms with Gasteiger partial charge in [-0.25, -0.2) is 0 Å². The molecule has 0 bridgehead atoms. The van der Waals surface area contributed by atoms with Crippen molar-refractivity contribution < 1.29 is 9.90 Å². The molecular formula is C15H28N2O2. The number of carbonyl (C=O) groups is 1. The standard InChI is InChI=1S/C15H28N2O2/c1-12(2)10-16-8-5-14(6-9-16)17-7-3-4-13(11-17)15(18)19/h12-14H,3-11H2,1-2H3,(H,18,19). The molecule has 0 aromatic heterocycles. The van der Waals surface area contributed by atoms with Gasteiger partial charge in [-0.1, -0.05) is 13.8 Å². The summed E-state index contributed by atoms with van der Waals surface area (Å²) >= 11 is 0. The average Bonchev–Trinajstić information content (AvgIpc) is 2.39. The van der Waals surface area contributed by atoms with E-state index in [9.17, 15) is 4.79 Å². The molecule has 1 unspecified atom stereocenters. The van der Waals surface area contributed by atoms with Crippen LogP contribution in [0.3, 0.4) is 0 Å².